The van der Waals surface area contributed by atoms with E-state index in [1.54, 1.807) is 0 Å². The Bertz CT molecular complexity index is 760. The summed E-state index contributed by atoms with van der Waals surface area (Å²) >= 11 is 0. The van der Waals surface area contributed by atoms with E-state index in [2.05, 4.69) is 23.9 Å². The number of hydrogen-bond acceptors (Lipinski definition) is 5. The van der Waals surface area contributed by atoms with Gasteiger partial charge in [-0.1, -0.05) is 24.3 Å². The maximum absolute atomic E-state index is 6.26. The lowest BCUT2D eigenvalue weighted by molar-refractivity contribution is 0.224. The Morgan fingerprint density at radius 2 is 1.10 bits per heavy atom. The van der Waals surface area contributed by atoms with E-state index in [0.29, 0.717) is 25.3 Å². The molecule has 0 radical (unpaired) electrons. The zero-order valence-corrected chi connectivity index (χ0v) is 19.0. The van der Waals surface area contributed by atoms with Gasteiger partial charge < -0.3 is 24.0 Å². The molecule has 2 saturated heterocycles. The Morgan fingerprint density at radius 3 is 1.48 bits per heavy atom. The highest BCUT2D eigenvalue weighted by Gasteiger charge is 2.22. The molecule has 2 aliphatic heterocycles. The highest BCUT2D eigenvalue weighted by Crippen LogP contribution is 2.36. The van der Waals surface area contributed by atoms with Crippen LogP contribution in [0.5, 0.6) is 23.0 Å². The number of rotatable bonds is 10. The summed E-state index contributed by atoms with van der Waals surface area (Å²) in [4.78, 5) is 4.87. The predicted molar refractivity (Wildman–Crippen MR) is 124 cm³/mol. The zero-order valence-electron chi connectivity index (χ0n) is 19.0. The third kappa shape index (κ3) is 5.92. The molecule has 0 aromatic heterocycles. The van der Waals surface area contributed by atoms with Gasteiger partial charge in [0.05, 0.1) is 13.2 Å². The Morgan fingerprint density at radius 1 is 0.677 bits per heavy atom. The number of ether oxygens (including phenoxy) is 3. The van der Waals surface area contributed by atoms with E-state index in [0.717, 1.165) is 35.8 Å². The van der Waals surface area contributed by atoms with Gasteiger partial charge in [0.2, 0.25) is 0 Å². The molecule has 2 aromatic carbocycles. The molecule has 0 amide bonds. The molecule has 2 fully saturated rings. The van der Waals surface area contributed by atoms with Crippen molar-refractivity contribution >= 4 is 0 Å². The van der Waals surface area contributed by atoms with Gasteiger partial charge in [-0.3, -0.25) is 0 Å². The molecule has 0 N–H and O–H groups in total. The standard InChI is InChI=1S/C26H36N2O3/c1-27-17-7-9-21(27)15-19-29-23-11-3-5-13-25(23)31-26-14-6-4-12-24(26)30-20-16-22-10-8-18-28(22)2/h3-6,11-14,21-22H,7-10,15-20H2,1-2H3. The number of likely N-dealkylation sites (tertiary alicyclic amines) is 2. The van der Waals surface area contributed by atoms with E-state index < -0.39 is 0 Å². The normalized spacial score (nSPS) is 22.0. The van der Waals surface area contributed by atoms with Crippen molar-refractivity contribution in [3.63, 3.8) is 0 Å². The van der Waals surface area contributed by atoms with E-state index in [-0.39, 0.29) is 0 Å². The molecule has 2 heterocycles. The molecule has 2 unspecified atom stereocenters. The van der Waals surface area contributed by atoms with Crippen molar-refractivity contribution in [2.45, 2.75) is 50.6 Å². The molecule has 5 nitrogen and oxygen atoms in total. The summed E-state index contributed by atoms with van der Waals surface area (Å²) < 4.78 is 18.5. The molecule has 4 rings (SSSR count). The van der Waals surface area contributed by atoms with Crippen LogP contribution < -0.4 is 14.2 Å². The monoisotopic (exact) mass is 424 g/mol. The van der Waals surface area contributed by atoms with Crippen LogP contribution in [0, 0.1) is 0 Å². The first kappa shape index (κ1) is 22.0. The van der Waals surface area contributed by atoms with Crippen molar-refractivity contribution in [1.29, 1.82) is 0 Å². The maximum atomic E-state index is 6.26. The quantitative estimate of drug-likeness (QED) is 0.523. The topological polar surface area (TPSA) is 34.2 Å². The van der Waals surface area contributed by atoms with Crippen LogP contribution in [0.15, 0.2) is 48.5 Å². The Balaban J connectivity index is 1.34. The second-order valence-electron chi connectivity index (χ2n) is 8.82. The van der Waals surface area contributed by atoms with E-state index in [1.807, 2.05) is 48.5 Å². The van der Waals surface area contributed by atoms with Gasteiger partial charge in [-0.15, -0.1) is 0 Å². The Kier molecular flexibility index (Phi) is 7.71. The number of nitrogens with zero attached hydrogens (tertiary/aromatic N) is 2. The van der Waals surface area contributed by atoms with Gasteiger partial charge in [0.25, 0.3) is 0 Å². The molecule has 0 spiro atoms. The smallest absolute Gasteiger partial charge is 0.169 e. The van der Waals surface area contributed by atoms with Crippen LogP contribution in [-0.2, 0) is 0 Å². The molecular weight excluding hydrogens is 388 g/mol. The minimum atomic E-state index is 0.626. The average Bonchev–Trinajstić information content (AvgIpc) is 3.38. The summed E-state index contributed by atoms with van der Waals surface area (Å²) in [6.07, 6.45) is 7.18. The lowest BCUT2D eigenvalue weighted by Crippen LogP contribution is -2.26. The summed E-state index contributed by atoms with van der Waals surface area (Å²) in [5, 5.41) is 0. The summed E-state index contributed by atoms with van der Waals surface area (Å²) in [5.74, 6) is 3.03. The van der Waals surface area contributed by atoms with Crippen LogP contribution in [0.1, 0.15) is 38.5 Å². The van der Waals surface area contributed by atoms with Crippen molar-refractivity contribution in [3.05, 3.63) is 48.5 Å². The third-order valence-corrected chi connectivity index (χ3v) is 6.68. The SMILES string of the molecule is CN1CCCC1CCOc1ccccc1Oc1ccccc1OCCC1CCCN1C. The lowest BCUT2D eigenvalue weighted by atomic mass is 10.1. The van der Waals surface area contributed by atoms with Crippen molar-refractivity contribution in [1.82, 2.24) is 9.80 Å². The summed E-state index contributed by atoms with van der Waals surface area (Å²) in [6, 6.07) is 17.1. The molecule has 5 heteroatoms. The van der Waals surface area contributed by atoms with Crippen LogP contribution in [0.3, 0.4) is 0 Å². The number of para-hydroxylation sites is 4. The molecule has 0 bridgehead atoms. The van der Waals surface area contributed by atoms with Crippen LogP contribution in [0.4, 0.5) is 0 Å². The van der Waals surface area contributed by atoms with Crippen LogP contribution in [0.2, 0.25) is 0 Å². The van der Waals surface area contributed by atoms with Gasteiger partial charge in [0, 0.05) is 12.1 Å². The van der Waals surface area contributed by atoms with Crippen LogP contribution in [-0.4, -0.2) is 62.3 Å². The Labute approximate surface area is 186 Å². The predicted octanol–water partition coefficient (Wildman–Crippen LogP) is 5.21. The molecule has 0 aliphatic carbocycles. The molecule has 2 aromatic rings. The molecule has 2 atom stereocenters. The van der Waals surface area contributed by atoms with E-state index in [1.165, 1.54) is 38.8 Å². The molecule has 0 saturated carbocycles. The molecular formula is C26H36N2O3. The van der Waals surface area contributed by atoms with Gasteiger partial charge in [-0.2, -0.15) is 0 Å². The zero-order chi connectivity index (χ0) is 21.5. The second-order valence-corrected chi connectivity index (χ2v) is 8.82. The van der Waals surface area contributed by atoms with E-state index in [4.69, 9.17) is 14.2 Å². The molecule has 2 aliphatic rings. The first-order valence-electron chi connectivity index (χ1n) is 11.7. The fourth-order valence-electron chi connectivity index (χ4n) is 4.72. The highest BCUT2D eigenvalue weighted by atomic mass is 16.5. The first-order valence-corrected chi connectivity index (χ1v) is 11.7. The molecule has 168 valence electrons. The Hall–Kier alpha value is -2.24. The van der Waals surface area contributed by atoms with Crippen molar-refractivity contribution < 1.29 is 14.2 Å². The van der Waals surface area contributed by atoms with Gasteiger partial charge in [0.1, 0.15) is 0 Å². The van der Waals surface area contributed by atoms with Crippen LogP contribution in [0.25, 0.3) is 0 Å². The fraction of sp³-hybridized carbons (Fsp3) is 0.538. The fourth-order valence-corrected chi connectivity index (χ4v) is 4.72. The maximum Gasteiger partial charge on any atom is 0.169 e. The van der Waals surface area contributed by atoms with Gasteiger partial charge in [0.15, 0.2) is 23.0 Å². The van der Waals surface area contributed by atoms with Gasteiger partial charge in [-0.05, 0) is 90.0 Å². The second kappa shape index (κ2) is 10.9. The number of hydrogen-bond donors (Lipinski definition) is 0. The highest BCUT2D eigenvalue weighted by molar-refractivity contribution is 5.47. The van der Waals surface area contributed by atoms with E-state index in [9.17, 15) is 0 Å². The first-order chi connectivity index (χ1) is 15.2. The van der Waals surface area contributed by atoms with Gasteiger partial charge in [-0.25, -0.2) is 0 Å². The minimum Gasteiger partial charge on any atom is -0.490 e. The van der Waals surface area contributed by atoms with Crippen molar-refractivity contribution in [3.8, 4) is 23.0 Å². The largest absolute Gasteiger partial charge is 0.490 e. The summed E-state index contributed by atoms with van der Waals surface area (Å²) in [6.45, 7) is 3.78. The van der Waals surface area contributed by atoms with Crippen molar-refractivity contribution in [2.75, 3.05) is 40.4 Å². The average molecular weight is 425 g/mol. The summed E-state index contributed by atoms with van der Waals surface area (Å²) in [7, 11) is 4.41. The minimum absolute atomic E-state index is 0.626. The van der Waals surface area contributed by atoms with Crippen LogP contribution >= 0.6 is 0 Å². The third-order valence-electron chi connectivity index (χ3n) is 6.68. The summed E-state index contributed by atoms with van der Waals surface area (Å²) in [5.41, 5.74) is 0. The molecule has 31 heavy (non-hydrogen) atoms. The van der Waals surface area contributed by atoms with Gasteiger partial charge >= 0.3 is 0 Å². The van der Waals surface area contributed by atoms with Crippen molar-refractivity contribution in [2.24, 2.45) is 0 Å². The number of benzene rings is 2. The lowest BCUT2D eigenvalue weighted by Gasteiger charge is -2.21. The van der Waals surface area contributed by atoms with E-state index >= 15 is 0 Å².